The van der Waals surface area contributed by atoms with Crippen molar-refractivity contribution >= 4 is 11.6 Å². The van der Waals surface area contributed by atoms with Gasteiger partial charge in [-0.3, -0.25) is 14.6 Å². The number of carbonyl (C=O) groups excluding carboxylic acids is 1. The molecule has 1 amide bonds. The molecule has 3 heterocycles. The SMILES string of the molecule is CCN(c1cc(-c2ccncc2)c[nH]c1=O)[C@H]1CCN(C(=O)/C=C/CN)C1. The average Bonchev–Trinajstić information content (AvgIpc) is 3.19. The molecule has 1 aliphatic heterocycles. The Morgan fingerprint density at radius 2 is 2.19 bits per heavy atom. The number of likely N-dealkylation sites (tertiary alicyclic amines) is 1. The molecule has 7 heteroatoms. The molecule has 142 valence electrons. The van der Waals surface area contributed by atoms with Crippen molar-refractivity contribution in [1.82, 2.24) is 14.9 Å². The minimum absolute atomic E-state index is 0.0292. The fourth-order valence-corrected chi connectivity index (χ4v) is 3.49. The normalized spacial score (nSPS) is 16.8. The number of carbonyl (C=O) groups is 1. The van der Waals surface area contributed by atoms with Crippen LogP contribution in [0.1, 0.15) is 13.3 Å². The Morgan fingerprint density at radius 3 is 2.89 bits per heavy atom. The Hall–Kier alpha value is -2.93. The number of anilines is 1. The van der Waals surface area contributed by atoms with E-state index in [1.54, 1.807) is 29.6 Å². The first kappa shape index (κ1) is 18.8. The van der Waals surface area contributed by atoms with Gasteiger partial charge in [-0.15, -0.1) is 0 Å². The number of hydrogen-bond donors (Lipinski definition) is 2. The summed E-state index contributed by atoms with van der Waals surface area (Å²) in [5.74, 6) is -0.0292. The highest BCUT2D eigenvalue weighted by Crippen LogP contribution is 2.24. The first-order chi connectivity index (χ1) is 13.1. The minimum Gasteiger partial charge on any atom is -0.363 e. The van der Waals surface area contributed by atoms with E-state index >= 15 is 0 Å². The summed E-state index contributed by atoms with van der Waals surface area (Å²) >= 11 is 0. The lowest BCUT2D eigenvalue weighted by atomic mass is 10.1. The lowest BCUT2D eigenvalue weighted by Gasteiger charge is -2.29. The number of rotatable bonds is 6. The number of amides is 1. The number of likely N-dealkylation sites (N-methyl/N-ethyl adjacent to an activating group) is 1. The van der Waals surface area contributed by atoms with Crippen molar-refractivity contribution in [1.29, 1.82) is 0 Å². The first-order valence-electron chi connectivity index (χ1n) is 9.19. The van der Waals surface area contributed by atoms with Crippen LogP contribution in [0.3, 0.4) is 0 Å². The molecule has 1 aliphatic rings. The van der Waals surface area contributed by atoms with E-state index in [-0.39, 0.29) is 17.5 Å². The number of aromatic nitrogens is 2. The number of nitrogens with two attached hydrogens (primary N) is 1. The second-order valence-corrected chi connectivity index (χ2v) is 6.49. The van der Waals surface area contributed by atoms with Gasteiger partial charge < -0.3 is 20.5 Å². The summed E-state index contributed by atoms with van der Waals surface area (Å²) in [5, 5.41) is 0. The molecule has 7 nitrogen and oxygen atoms in total. The van der Waals surface area contributed by atoms with E-state index < -0.39 is 0 Å². The third kappa shape index (κ3) is 4.25. The van der Waals surface area contributed by atoms with Gasteiger partial charge in [-0.1, -0.05) is 6.08 Å². The second kappa shape index (κ2) is 8.64. The van der Waals surface area contributed by atoms with E-state index in [2.05, 4.69) is 14.9 Å². The second-order valence-electron chi connectivity index (χ2n) is 6.49. The molecule has 2 aromatic heterocycles. The number of nitrogens with one attached hydrogen (secondary N) is 1. The van der Waals surface area contributed by atoms with Gasteiger partial charge in [-0.25, -0.2) is 0 Å². The molecule has 0 aromatic carbocycles. The minimum atomic E-state index is -0.123. The van der Waals surface area contributed by atoms with Gasteiger partial charge in [-0.05, 0) is 37.1 Å². The van der Waals surface area contributed by atoms with E-state index in [1.807, 2.05) is 25.1 Å². The van der Waals surface area contributed by atoms with Gasteiger partial charge in [0, 0.05) is 62.5 Å². The van der Waals surface area contributed by atoms with Crippen LogP contribution in [0.4, 0.5) is 5.69 Å². The standard InChI is InChI=1S/C20H25N5O2/c1-2-25(17-7-11-24(14-17)19(26)4-3-8-21)18-12-16(13-23-20(18)27)15-5-9-22-10-6-15/h3-6,9-10,12-13,17H,2,7-8,11,14,21H2,1H3,(H,23,27)/b4-3+/t17-/m0/s1. The molecule has 1 fully saturated rings. The molecule has 0 aliphatic carbocycles. The van der Waals surface area contributed by atoms with Crippen molar-refractivity contribution in [2.24, 2.45) is 5.73 Å². The zero-order valence-corrected chi connectivity index (χ0v) is 15.5. The summed E-state index contributed by atoms with van der Waals surface area (Å²) in [6, 6.07) is 5.84. The summed E-state index contributed by atoms with van der Waals surface area (Å²) in [7, 11) is 0. The quantitative estimate of drug-likeness (QED) is 0.752. The van der Waals surface area contributed by atoms with Gasteiger partial charge in [0.2, 0.25) is 5.91 Å². The molecule has 0 radical (unpaired) electrons. The van der Waals surface area contributed by atoms with Crippen molar-refractivity contribution in [3.05, 3.63) is 59.3 Å². The Kier molecular flexibility index (Phi) is 6.03. The third-order valence-corrected chi connectivity index (χ3v) is 4.86. The predicted octanol–water partition coefficient (Wildman–Crippen LogP) is 1.38. The molecule has 3 N–H and O–H groups in total. The largest absolute Gasteiger partial charge is 0.363 e. The predicted molar refractivity (Wildman–Crippen MR) is 106 cm³/mol. The molecule has 0 spiro atoms. The van der Waals surface area contributed by atoms with Crippen LogP contribution in [-0.2, 0) is 4.79 Å². The monoisotopic (exact) mass is 367 g/mol. The summed E-state index contributed by atoms with van der Waals surface area (Å²) in [5.41, 5.74) is 7.85. The topological polar surface area (TPSA) is 95.3 Å². The van der Waals surface area contributed by atoms with E-state index in [0.29, 0.717) is 31.9 Å². The van der Waals surface area contributed by atoms with Gasteiger partial charge in [0.05, 0.1) is 0 Å². The molecule has 27 heavy (non-hydrogen) atoms. The van der Waals surface area contributed by atoms with Crippen molar-refractivity contribution < 1.29 is 4.79 Å². The molecule has 0 saturated carbocycles. The highest BCUT2D eigenvalue weighted by molar-refractivity contribution is 5.88. The lowest BCUT2D eigenvalue weighted by Crippen LogP contribution is -2.41. The van der Waals surface area contributed by atoms with Gasteiger partial charge in [0.1, 0.15) is 5.69 Å². The Bertz CT molecular complexity index is 862. The van der Waals surface area contributed by atoms with Gasteiger partial charge in [0.15, 0.2) is 0 Å². The number of hydrogen-bond acceptors (Lipinski definition) is 5. The van der Waals surface area contributed by atoms with E-state index in [1.165, 1.54) is 6.08 Å². The molecule has 2 aromatic rings. The Balaban J connectivity index is 1.83. The maximum absolute atomic E-state index is 12.5. The molecular formula is C20H25N5O2. The van der Waals surface area contributed by atoms with Crippen LogP contribution < -0.4 is 16.2 Å². The van der Waals surface area contributed by atoms with Crippen LogP contribution in [0.2, 0.25) is 0 Å². The fraction of sp³-hybridized carbons (Fsp3) is 0.350. The van der Waals surface area contributed by atoms with E-state index in [0.717, 1.165) is 17.5 Å². The van der Waals surface area contributed by atoms with E-state index in [4.69, 9.17) is 5.73 Å². The fourth-order valence-electron chi connectivity index (χ4n) is 3.49. The van der Waals surface area contributed by atoms with Gasteiger partial charge in [-0.2, -0.15) is 0 Å². The summed E-state index contributed by atoms with van der Waals surface area (Å²) in [4.78, 5) is 35.5. The van der Waals surface area contributed by atoms with Crippen LogP contribution in [0.5, 0.6) is 0 Å². The maximum atomic E-state index is 12.5. The van der Waals surface area contributed by atoms with Gasteiger partial charge in [0.25, 0.3) is 5.56 Å². The zero-order chi connectivity index (χ0) is 19.2. The number of pyridine rings is 2. The van der Waals surface area contributed by atoms with Crippen molar-refractivity contribution in [3.8, 4) is 11.1 Å². The molecule has 3 rings (SSSR count). The van der Waals surface area contributed by atoms with Gasteiger partial charge >= 0.3 is 0 Å². The summed E-state index contributed by atoms with van der Waals surface area (Å²) in [6.07, 6.45) is 9.19. The summed E-state index contributed by atoms with van der Waals surface area (Å²) < 4.78 is 0. The van der Waals surface area contributed by atoms with Crippen LogP contribution in [0.25, 0.3) is 11.1 Å². The van der Waals surface area contributed by atoms with Crippen LogP contribution in [0, 0.1) is 0 Å². The van der Waals surface area contributed by atoms with Crippen LogP contribution in [0.15, 0.2) is 53.7 Å². The molecular weight excluding hydrogens is 342 g/mol. The smallest absolute Gasteiger partial charge is 0.271 e. The van der Waals surface area contributed by atoms with E-state index in [9.17, 15) is 9.59 Å². The third-order valence-electron chi connectivity index (χ3n) is 4.86. The highest BCUT2D eigenvalue weighted by Gasteiger charge is 2.30. The number of nitrogens with zero attached hydrogens (tertiary/aromatic N) is 3. The maximum Gasteiger partial charge on any atom is 0.271 e. The summed E-state index contributed by atoms with van der Waals surface area (Å²) in [6.45, 7) is 4.34. The lowest BCUT2D eigenvalue weighted by molar-refractivity contribution is -0.125. The number of H-pyrrole nitrogens is 1. The average molecular weight is 367 g/mol. The molecule has 1 saturated heterocycles. The molecule has 1 atom stereocenters. The first-order valence-corrected chi connectivity index (χ1v) is 9.19. The Morgan fingerprint density at radius 1 is 1.41 bits per heavy atom. The molecule has 0 unspecified atom stereocenters. The zero-order valence-electron chi connectivity index (χ0n) is 15.5. The van der Waals surface area contributed by atoms with Crippen molar-refractivity contribution in [3.63, 3.8) is 0 Å². The van der Waals surface area contributed by atoms with Crippen LogP contribution in [-0.4, -0.2) is 53.0 Å². The van der Waals surface area contributed by atoms with Crippen molar-refractivity contribution in [2.45, 2.75) is 19.4 Å². The highest BCUT2D eigenvalue weighted by atomic mass is 16.2. The molecule has 0 bridgehead atoms. The number of aromatic amines is 1. The van der Waals surface area contributed by atoms with Crippen LogP contribution >= 0.6 is 0 Å². The van der Waals surface area contributed by atoms with Crippen molar-refractivity contribution in [2.75, 3.05) is 31.1 Å². The Labute approximate surface area is 158 Å².